The average Bonchev–Trinajstić information content (AvgIpc) is 3.29. The summed E-state index contributed by atoms with van der Waals surface area (Å²) in [5, 5.41) is 0. The molecule has 0 N–H and O–H groups in total. The summed E-state index contributed by atoms with van der Waals surface area (Å²) >= 11 is 0. The Bertz CT molecular complexity index is 890. The molecule has 6 nitrogen and oxygen atoms in total. The predicted molar refractivity (Wildman–Crippen MR) is 106 cm³/mol. The normalized spacial score (nSPS) is 14.7. The van der Waals surface area contributed by atoms with Gasteiger partial charge in [-0.2, -0.15) is 0 Å². The summed E-state index contributed by atoms with van der Waals surface area (Å²) in [6.45, 7) is 2.83. The molecule has 0 radical (unpaired) electrons. The molecule has 0 spiro atoms. The van der Waals surface area contributed by atoms with Gasteiger partial charge in [0.1, 0.15) is 17.8 Å². The summed E-state index contributed by atoms with van der Waals surface area (Å²) in [6.07, 6.45) is 7.17. The Labute approximate surface area is 164 Å². The fourth-order valence-electron chi connectivity index (χ4n) is 3.51. The zero-order valence-electron chi connectivity index (χ0n) is 15.8. The van der Waals surface area contributed by atoms with Crippen molar-refractivity contribution in [1.29, 1.82) is 0 Å². The molecule has 4 rings (SSSR count). The third-order valence-corrected chi connectivity index (χ3v) is 5.05. The van der Waals surface area contributed by atoms with Crippen molar-refractivity contribution in [2.45, 2.75) is 19.4 Å². The minimum absolute atomic E-state index is 0.0442. The van der Waals surface area contributed by atoms with Gasteiger partial charge in [0.2, 0.25) is 0 Å². The molecule has 1 aromatic carbocycles. The molecule has 1 amide bonds. The van der Waals surface area contributed by atoms with Crippen molar-refractivity contribution >= 4 is 5.91 Å². The molecule has 28 heavy (non-hydrogen) atoms. The highest BCUT2D eigenvalue weighted by Gasteiger charge is 2.23. The Morgan fingerprint density at radius 2 is 1.93 bits per heavy atom. The van der Waals surface area contributed by atoms with Crippen LogP contribution in [0.4, 0.5) is 0 Å². The second-order valence-electron chi connectivity index (χ2n) is 7.08. The topological polar surface area (TPSA) is 60.2 Å². The van der Waals surface area contributed by atoms with Crippen LogP contribution in [0.3, 0.4) is 0 Å². The van der Waals surface area contributed by atoms with E-state index in [-0.39, 0.29) is 5.91 Å². The van der Waals surface area contributed by atoms with Crippen LogP contribution in [0.5, 0.6) is 0 Å². The van der Waals surface area contributed by atoms with E-state index in [4.69, 9.17) is 4.74 Å². The summed E-state index contributed by atoms with van der Waals surface area (Å²) in [7, 11) is 0. The number of benzene rings is 1. The number of imidazole rings is 1. The number of amides is 1. The van der Waals surface area contributed by atoms with Gasteiger partial charge in [-0.25, -0.2) is 9.97 Å². The lowest BCUT2D eigenvalue weighted by Crippen LogP contribution is -2.37. The molecule has 1 fully saturated rings. The van der Waals surface area contributed by atoms with E-state index in [9.17, 15) is 4.79 Å². The average molecular weight is 376 g/mol. The Morgan fingerprint density at radius 3 is 2.68 bits per heavy atom. The lowest BCUT2D eigenvalue weighted by atomic mass is 9.99. The Balaban J connectivity index is 1.57. The number of nitrogens with zero attached hydrogens (tertiary/aromatic N) is 4. The number of carbonyl (C=O) groups is 1. The van der Waals surface area contributed by atoms with Gasteiger partial charge in [-0.1, -0.05) is 36.4 Å². The van der Waals surface area contributed by atoms with Gasteiger partial charge in [0.05, 0.1) is 0 Å². The first-order valence-electron chi connectivity index (χ1n) is 9.66. The van der Waals surface area contributed by atoms with Crippen molar-refractivity contribution in [2.24, 2.45) is 5.92 Å². The molecule has 1 aliphatic rings. The van der Waals surface area contributed by atoms with Gasteiger partial charge in [0.15, 0.2) is 0 Å². The summed E-state index contributed by atoms with van der Waals surface area (Å²) in [6, 6.07) is 15.6. The molecule has 3 aromatic rings. The first kappa shape index (κ1) is 18.4. The van der Waals surface area contributed by atoms with Crippen LogP contribution < -0.4 is 0 Å². The summed E-state index contributed by atoms with van der Waals surface area (Å²) < 4.78 is 7.28. The zero-order valence-corrected chi connectivity index (χ0v) is 15.8. The molecule has 144 valence electrons. The van der Waals surface area contributed by atoms with Gasteiger partial charge < -0.3 is 9.64 Å². The maximum atomic E-state index is 13.4. The minimum atomic E-state index is -0.0442. The Morgan fingerprint density at radius 1 is 1.11 bits per heavy atom. The van der Waals surface area contributed by atoms with Crippen LogP contribution in [0, 0.1) is 5.92 Å². The van der Waals surface area contributed by atoms with Crippen LogP contribution in [0.25, 0.3) is 5.82 Å². The molecular formula is C22H24N4O2. The molecule has 3 heterocycles. The molecule has 0 saturated carbocycles. The van der Waals surface area contributed by atoms with Crippen molar-refractivity contribution in [3.05, 3.63) is 78.5 Å². The van der Waals surface area contributed by atoms with E-state index >= 15 is 0 Å². The Hall–Kier alpha value is -2.99. The van der Waals surface area contributed by atoms with Gasteiger partial charge in [0, 0.05) is 38.7 Å². The second-order valence-corrected chi connectivity index (χ2v) is 7.08. The van der Waals surface area contributed by atoms with Gasteiger partial charge in [-0.05, 0) is 36.5 Å². The van der Waals surface area contributed by atoms with E-state index in [0.29, 0.717) is 30.5 Å². The molecule has 0 unspecified atom stereocenters. The number of hydrogen-bond acceptors (Lipinski definition) is 4. The quantitative estimate of drug-likeness (QED) is 0.662. The molecule has 2 aromatic heterocycles. The highest BCUT2D eigenvalue weighted by Crippen LogP contribution is 2.19. The van der Waals surface area contributed by atoms with Crippen LogP contribution in [0.15, 0.2) is 67.3 Å². The molecule has 0 aliphatic carbocycles. The number of aromatic nitrogens is 3. The van der Waals surface area contributed by atoms with Crippen molar-refractivity contribution in [2.75, 3.05) is 19.8 Å². The third kappa shape index (κ3) is 4.46. The fourth-order valence-corrected chi connectivity index (χ4v) is 3.51. The highest BCUT2D eigenvalue weighted by molar-refractivity contribution is 5.92. The van der Waals surface area contributed by atoms with Crippen molar-refractivity contribution in [3.8, 4) is 5.82 Å². The van der Waals surface area contributed by atoms with Crippen molar-refractivity contribution in [3.63, 3.8) is 0 Å². The second kappa shape index (κ2) is 8.80. The predicted octanol–water partition coefficient (Wildman–Crippen LogP) is 3.34. The van der Waals surface area contributed by atoms with E-state index in [2.05, 4.69) is 22.1 Å². The summed E-state index contributed by atoms with van der Waals surface area (Å²) in [5.41, 5.74) is 1.57. The number of carbonyl (C=O) groups excluding carboxylic acids is 1. The maximum Gasteiger partial charge on any atom is 0.272 e. The van der Waals surface area contributed by atoms with Crippen LogP contribution >= 0.6 is 0 Å². The highest BCUT2D eigenvalue weighted by atomic mass is 16.5. The molecular weight excluding hydrogens is 352 g/mol. The number of hydrogen-bond donors (Lipinski definition) is 0. The van der Waals surface area contributed by atoms with E-state index in [1.165, 1.54) is 0 Å². The lowest BCUT2D eigenvalue weighted by molar-refractivity contribution is 0.0443. The minimum Gasteiger partial charge on any atom is -0.381 e. The summed E-state index contributed by atoms with van der Waals surface area (Å²) in [4.78, 5) is 23.9. The SMILES string of the molecule is O=C(c1cccc(-n2ccnc2)n1)N(Cc1ccccc1)CC1CCOCC1. The van der Waals surface area contributed by atoms with Gasteiger partial charge in [-0.15, -0.1) is 0 Å². The molecule has 1 aliphatic heterocycles. The van der Waals surface area contributed by atoms with Crippen LogP contribution in [0.1, 0.15) is 28.9 Å². The molecule has 6 heteroatoms. The van der Waals surface area contributed by atoms with Crippen LogP contribution in [0.2, 0.25) is 0 Å². The molecule has 0 bridgehead atoms. The maximum absolute atomic E-state index is 13.4. The monoisotopic (exact) mass is 376 g/mol. The Kier molecular flexibility index (Phi) is 5.77. The standard InChI is InChI=1S/C22H24N4O2/c27-22(20-7-4-8-21(24-20)25-12-11-23-17-25)26(15-18-5-2-1-3-6-18)16-19-9-13-28-14-10-19/h1-8,11-12,17,19H,9-10,13-16H2. The van der Waals surface area contributed by atoms with Crippen LogP contribution in [-0.2, 0) is 11.3 Å². The smallest absolute Gasteiger partial charge is 0.272 e. The number of rotatable bonds is 6. The number of pyridine rings is 1. The van der Waals surface area contributed by atoms with Gasteiger partial charge >= 0.3 is 0 Å². The first-order chi connectivity index (χ1) is 13.8. The molecule has 1 saturated heterocycles. The third-order valence-electron chi connectivity index (χ3n) is 5.05. The van der Waals surface area contributed by atoms with Crippen molar-refractivity contribution < 1.29 is 9.53 Å². The zero-order chi connectivity index (χ0) is 19.2. The van der Waals surface area contributed by atoms with Gasteiger partial charge in [-0.3, -0.25) is 9.36 Å². The van der Waals surface area contributed by atoms with Crippen LogP contribution in [-0.4, -0.2) is 45.1 Å². The van der Waals surface area contributed by atoms with E-state index in [1.54, 1.807) is 23.2 Å². The fraction of sp³-hybridized carbons (Fsp3) is 0.318. The first-order valence-corrected chi connectivity index (χ1v) is 9.66. The lowest BCUT2D eigenvalue weighted by Gasteiger charge is -2.30. The van der Waals surface area contributed by atoms with Gasteiger partial charge in [0.25, 0.3) is 5.91 Å². The van der Waals surface area contributed by atoms with E-state index in [0.717, 1.165) is 31.6 Å². The summed E-state index contributed by atoms with van der Waals surface area (Å²) in [5.74, 6) is 1.10. The van der Waals surface area contributed by atoms with E-state index in [1.807, 2.05) is 41.4 Å². The van der Waals surface area contributed by atoms with E-state index < -0.39 is 0 Å². The molecule has 0 atom stereocenters. The largest absolute Gasteiger partial charge is 0.381 e. The number of ether oxygens (including phenoxy) is 1. The van der Waals surface area contributed by atoms with Crippen molar-refractivity contribution in [1.82, 2.24) is 19.4 Å².